The Hall–Kier alpha value is -2.14. The first-order valence-corrected chi connectivity index (χ1v) is 7.30. The maximum Gasteiger partial charge on any atom is 0.138 e. The van der Waals surface area contributed by atoms with Crippen LogP contribution in [0.4, 0.5) is 5.82 Å². The number of benzene rings is 1. The minimum atomic E-state index is 0.842. The van der Waals surface area contributed by atoms with Crippen LogP contribution >= 0.6 is 11.3 Å². The van der Waals surface area contributed by atoms with Crippen LogP contribution in [-0.4, -0.2) is 23.6 Å². The van der Waals surface area contributed by atoms with E-state index in [1.807, 2.05) is 17.5 Å². The van der Waals surface area contributed by atoms with Crippen molar-refractivity contribution >= 4 is 27.4 Å². The summed E-state index contributed by atoms with van der Waals surface area (Å²) in [6.45, 7) is 0.842. The first-order chi connectivity index (χ1) is 9.86. The number of anilines is 1. The number of hydrogen-bond donors (Lipinski definition) is 1. The number of methoxy groups -OCH3 is 1. The SMILES string of the molecule is COc1ccc(CCNc2ncnc3sccc23)cc1. The molecule has 2 aromatic heterocycles. The Morgan fingerprint density at radius 1 is 1.15 bits per heavy atom. The molecular weight excluding hydrogens is 270 g/mol. The van der Waals surface area contributed by atoms with Gasteiger partial charge in [-0.25, -0.2) is 9.97 Å². The highest BCUT2D eigenvalue weighted by atomic mass is 32.1. The van der Waals surface area contributed by atoms with Crippen LogP contribution in [0.25, 0.3) is 10.2 Å². The van der Waals surface area contributed by atoms with Gasteiger partial charge >= 0.3 is 0 Å². The molecule has 0 atom stereocenters. The molecule has 0 aliphatic heterocycles. The fourth-order valence-electron chi connectivity index (χ4n) is 2.05. The third-order valence-electron chi connectivity index (χ3n) is 3.13. The predicted molar refractivity (Wildman–Crippen MR) is 82.6 cm³/mol. The van der Waals surface area contributed by atoms with Gasteiger partial charge in [-0.3, -0.25) is 0 Å². The molecule has 2 heterocycles. The van der Waals surface area contributed by atoms with E-state index in [9.17, 15) is 0 Å². The summed E-state index contributed by atoms with van der Waals surface area (Å²) >= 11 is 1.63. The van der Waals surface area contributed by atoms with E-state index in [4.69, 9.17) is 4.74 Å². The Kier molecular flexibility index (Phi) is 3.78. The van der Waals surface area contributed by atoms with Crippen molar-refractivity contribution in [3.63, 3.8) is 0 Å². The summed E-state index contributed by atoms with van der Waals surface area (Å²) in [6.07, 6.45) is 2.55. The highest BCUT2D eigenvalue weighted by Gasteiger charge is 2.03. The smallest absolute Gasteiger partial charge is 0.138 e. The fourth-order valence-corrected chi connectivity index (χ4v) is 2.78. The highest BCUT2D eigenvalue weighted by Crippen LogP contribution is 2.23. The molecule has 0 aliphatic carbocycles. The van der Waals surface area contributed by atoms with E-state index in [1.165, 1.54) is 5.56 Å². The molecule has 3 aromatic rings. The Morgan fingerprint density at radius 2 is 2.00 bits per heavy atom. The van der Waals surface area contributed by atoms with Crippen molar-refractivity contribution in [1.82, 2.24) is 9.97 Å². The Balaban J connectivity index is 1.63. The zero-order chi connectivity index (χ0) is 13.8. The maximum absolute atomic E-state index is 5.15. The number of fused-ring (bicyclic) bond motifs is 1. The second-order valence-corrected chi connectivity index (χ2v) is 5.28. The van der Waals surface area contributed by atoms with Gasteiger partial charge in [-0.05, 0) is 35.6 Å². The quantitative estimate of drug-likeness (QED) is 0.781. The third-order valence-corrected chi connectivity index (χ3v) is 3.95. The molecule has 3 rings (SSSR count). The zero-order valence-corrected chi connectivity index (χ0v) is 12.0. The van der Waals surface area contributed by atoms with Crippen LogP contribution in [0.2, 0.25) is 0 Å². The lowest BCUT2D eigenvalue weighted by molar-refractivity contribution is 0.414. The van der Waals surface area contributed by atoms with E-state index in [0.717, 1.165) is 34.7 Å². The molecule has 1 N–H and O–H groups in total. The Labute approximate surface area is 121 Å². The van der Waals surface area contributed by atoms with Crippen LogP contribution < -0.4 is 10.1 Å². The number of hydrogen-bond acceptors (Lipinski definition) is 5. The van der Waals surface area contributed by atoms with Gasteiger partial charge in [0.25, 0.3) is 0 Å². The van der Waals surface area contributed by atoms with Gasteiger partial charge in [0.1, 0.15) is 22.7 Å². The Morgan fingerprint density at radius 3 is 2.80 bits per heavy atom. The topological polar surface area (TPSA) is 47.0 Å². The molecule has 0 saturated carbocycles. The Bertz CT molecular complexity index is 694. The summed E-state index contributed by atoms with van der Waals surface area (Å²) in [5.74, 6) is 1.79. The minimum Gasteiger partial charge on any atom is -0.497 e. The number of ether oxygens (including phenoxy) is 1. The van der Waals surface area contributed by atoms with E-state index in [-0.39, 0.29) is 0 Å². The number of rotatable bonds is 5. The number of nitrogens with zero attached hydrogens (tertiary/aromatic N) is 2. The van der Waals surface area contributed by atoms with Gasteiger partial charge in [-0.2, -0.15) is 0 Å². The average Bonchev–Trinajstić information content (AvgIpc) is 2.97. The van der Waals surface area contributed by atoms with Crippen molar-refractivity contribution < 1.29 is 4.74 Å². The van der Waals surface area contributed by atoms with E-state index in [0.29, 0.717) is 0 Å². The van der Waals surface area contributed by atoms with E-state index < -0.39 is 0 Å². The van der Waals surface area contributed by atoms with Crippen molar-refractivity contribution in [2.45, 2.75) is 6.42 Å². The zero-order valence-electron chi connectivity index (χ0n) is 11.2. The molecule has 4 nitrogen and oxygen atoms in total. The van der Waals surface area contributed by atoms with Gasteiger partial charge in [0, 0.05) is 6.54 Å². The number of aromatic nitrogens is 2. The molecule has 0 saturated heterocycles. The molecule has 1 aromatic carbocycles. The molecule has 0 radical (unpaired) electrons. The third kappa shape index (κ3) is 2.72. The largest absolute Gasteiger partial charge is 0.497 e. The summed E-state index contributed by atoms with van der Waals surface area (Å²) in [7, 11) is 1.68. The standard InChI is InChI=1S/C15H15N3OS/c1-19-12-4-2-11(3-5-12)6-8-16-14-13-7-9-20-15(13)18-10-17-14/h2-5,7,9-10H,6,8H2,1H3,(H,16,17,18). The van der Waals surface area contributed by atoms with Gasteiger partial charge in [0.05, 0.1) is 12.5 Å². The second kappa shape index (κ2) is 5.88. The molecular formula is C15H15N3OS. The summed E-state index contributed by atoms with van der Waals surface area (Å²) in [5, 5.41) is 6.50. The normalized spacial score (nSPS) is 10.7. The van der Waals surface area contributed by atoms with Crippen molar-refractivity contribution in [2.75, 3.05) is 19.0 Å². The molecule has 102 valence electrons. The van der Waals surface area contributed by atoms with Crippen LogP contribution in [0.15, 0.2) is 42.0 Å². The van der Waals surface area contributed by atoms with Crippen LogP contribution in [0, 0.1) is 0 Å². The van der Waals surface area contributed by atoms with Crippen LogP contribution in [0.1, 0.15) is 5.56 Å². The average molecular weight is 285 g/mol. The van der Waals surface area contributed by atoms with E-state index >= 15 is 0 Å². The van der Waals surface area contributed by atoms with Gasteiger partial charge < -0.3 is 10.1 Å². The van der Waals surface area contributed by atoms with Crippen molar-refractivity contribution in [3.8, 4) is 5.75 Å². The summed E-state index contributed by atoms with van der Waals surface area (Å²) in [4.78, 5) is 9.56. The minimum absolute atomic E-state index is 0.842. The van der Waals surface area contributed by atoms with Crippen molar-refractivity contribution in [3.05, 3.63) is 47.6 Å². The molecule has 20 heavy (non-hydrogen) atoms. The lowest BCUT2D eigenvalue weighted by Crippen LogP contribution is -2.06. The summed E-state index contributed by atoms with van der Waals surface area (Å²) in [5.41, 5.74) is 1.27. The molecule has 0 aliphatic rings. The molecule has 5 heteroatoms. The van der Waals surface area contributed by atoms with Gasteiger partial charge in [0.15, 0.2) is 0 Å². The molecule has 0 amide bonds. The van der Waals surface area contributed by atoms with Crippen LogP contribution in [-0.2, 0) is 6.42 Å². The second-order valence-electron chi connectivity index (χ2n) is 4.39. The van der Waals surface area contributed by atoms with Gasteiger partial charge in [-0.15, -0.1) is 11.3 Å². The molecule has 0 fully saturated rings. The summed E-state index contributed by atoms with van der Waals surface area (Å²) < 4.78 is 5.15. The van der Waals surface area contributed by atoms with Crippen molar-refractivity contribution in [2.24, 2.45) is 0 Å². The fraction of sp³-hybridized carbons (Fsp3) is 0.200. The summed E-state index contributed by atoms with van der Waals surface area (Å²) in [6, 6.07) is 10.2. The number of nitrogens with one attached hydrogen (secondary N) is 1. The van der Waals surface area contributed by atoms with Crippen LogP contribution in [0.3, 0.4) is 0 Å². The van der Waals surface area contributed by atoms with E-state index in [1.54, 1.807) is 24.8 Å². The molecule has 0 bridgehead atoms. The van der Waals surface area contributed by atoms with Gasteiger partial charge in [0.2, 0.25) is 0 Å². The maximum atomic E-state index is 5.15. The predicted octanol–water partition coefficient (Wildman–Crippen LogP) is 3.35. The van der Waals surface area contributed by atoms with Crippen LogP contribution in [0.5, 0.6) is 5.75 Å². The lowest BCUT2D eigenvalue weighted by atomic mass is 10.1. The first kappa shape index (κ1) is 12.9. The first-order valence-electron chi connectivity index (χ1n) is 6.42. The van der Waals surface area contributed by atoms with Gasteiger partial charge in [-0.1, -0.05) is 12.1 Å². The van der Waals surface area contributed by atoms with E-state index in [2.05, 4.69) is 33.5 Å². The monoisotopic (exact) mass is 285 g/mol. The lowest BCUT2D eigenvalue weighted by Gasteiger charge is -2.07. The highest BCUT2D eigenvalue weighted by molar-refractivity contribution is 7.16. The molecule has 0 unspecified atom stereocenters. The molecule has 0 spiro atoms. The number of thiophene rings is 1. The van der Waals surface area contributed by atoms with Crippen molar-refractivity contribution in [1.29, 1.82) is 0 Å².